The van der Waals surface area contributed by atoms with Crippen LogP contribution in [0.5, 0.6) is 0 Å². The van der Waals surface area contributed by atoms with Gasteiger partial charge in [-0.1, -0.05) is 59.7 Å². The first-order valence-electron chi connectivity index (χ1n) is 11.6. The third-order valence-corrected chi connectivity index (χ3v) is 5.93. The molecule has 33 heavy (non-hydrogen) atoms. The summed E-state index contributed by atoms with van der Waals surface area (Å²) >= 11 is 0. The van der Waals surface area contributed by atoms with Gasteiger partial charge < -0.3 is 0 Å². The molecule has 179 valence electrons. The van der Waals surface area contributed by atoms with Crippen molar-refractivity contribution >= 4 is 0 Å². The van der Waals surface area contributed by atoms with E-state index in [2.05, 4.69) is 66.3 Å². The topological polar surface area (TPSA) is 53.5 Å². The molecule has 7 heteroatoms. The number of aromatic nitrogens is 6. The number of allylic oxidation sites excluding steroid dienone is 2. The van der Waals surface area contributed by atoms with Crippen LogP contribution in [0.3, 0.4) is 0 Å². The Morgan fingerprint density at radius 1 is 0.788 bits per heavy atom. The standard InChI is InChI=1S/C22H33N6.C4H5.Mn/c1-7-16(4)19-10-13-26(23-19)22(27-14-11-20(24-27)17(5)8-2)28-15-12-21(25-28)18(6)9-3;1-3-4-2;/h10-18H,7-9H2,1-6H3;1,3-4H,2H2;/q2*-1;+2. The predicted molar refractivity (Wildman–Crippen MR) is 131 cm³/mol. The summed E-state index contributed by atoms with van der Waals surface area (Å²) in [4.78, 5) is 0. The van der Waals surface area contributed by atoms with E-state index in [4.69, 9.17) is 21.9 Å². The van der Waals surface area contributed by atoms with Crippen molar-refractivity contribution in [3.63, 3.8) is 0 Å². The van der Waals surface area contributed by atoms with Crippen molar-refractivity contribution in [1.29, 1.82) is 0 Å². The van der Waals surface area contributed by atoms with E-state index in [1.807, 2.05) is 32.6 Å². The van der Waals surface area contributed by atoms with Gasteiger partial charge in [0.05, 0.1) is 17.1 Å². The quantitative estimate of drug-likeness (QED) is 0.189. The second-order valence-corrected chi connectivity index (χ2v) is 8.21. The van der Waals surface area contributed by atoms with Gasteiger partial charge in [0.15, 0.2) is 6.29 Å². The molecule has 3 unspecified atom stereocenters. The fourth-order valence-corrected chi connectivity index (χ4v) is 3.08. The molecule has 0 amide bonds. The Morgan fingerprint density at radius 3 is 1.27 bits per heavy atom. The third-order valence-electron chi connectivity index (χ3n) is 5.93. The normalized spacial score (nSPS) is 13.2. The van der Waals surface area contributed by atoms with E-state index in [9.17, 15) is 0 Å². The molecule has 0 aliphatic rings. The van der Waals surface area contributed by atoms with Gasteiger partial charge in [0.2, 0.25) is 0 Å². The molecule has 0 aliphatic carbocycles. The Bertz CT molecular complexity index is 848. The van der Waals surface area contributed by atoms with Crippen molar-refractivity contribution < 1.29 is 17.1 Å². The smallest absolute Gasteiger partial charge is 0.293 e. The van der Waals surface area contributed by atoms with Crippen molar-refractivity contribution in [1.82, 2.24) is 29.3 Å². The average Bonchev–Trinajstić information content (AvgIpc) is 3.59. The summed E-state index contributed by atoms with van der Waals surface area (Å²) in [7, 11) is 0. The second kappa shape index (κ2) is 13.9. The Hall–Kier alpha value is -2.50. The molecule has 1 radical (unpaired) electrons. The van der Waals surface area contributed by atoms with E-state index in [0.717, 1.165) is 42.6 Å². The molecule has 6 nitrogen and oxygen atoms in total. The van der Waals surface area contributed by atoms with E-state index in [0.29, 0.717) is 17.8 Å². The summed E-state index contributed by atoms with van der Waals surface area (Å²) in [5.74, 6) is 1.26. The van der Waals surface area contributed by atoms with Gasteiger partial charge >= 0.3 is 17.1 Å². The van der Waals surface area contributed by atoms with Crippen molar-refractivity contribution in [2.45, 2.75) is 78.6 Å². The first-order chi connectivity index (χ1) is 15.4. The number of nitrogens with zero attached hydrogens (tertiary/aromatic N) is 6. The molecule has 3 atom stereocenters. The molecular formula is C26H38MnN6. The van der Waals surface area contributed by atoms with Crippen LogP contribution in [0.15, 0.2) is 55.5 Å². The summed E-state index contributed by atoms with van der Waals surface area (Å²) in [5, 5.41) is 14.5. The van der Waals surface area contributed by atoms with E-state index in [1.54, 1.807) is 0 Å². The van der Waals surface area contributed by atoms with Crippen molar-refractivity contribution in [3.8, 4) is 0 Å². The summed E-state index contributed by atoms with van der Waals surface area (Å²) in [5.41, 5.74) is 3.26. The third kappa shape index (κ3) is 7.24. The monoisotopic (exact) mass is 489 g/mol. The van der Waals surface area contributed by atoms with Crippen LogP contribution in [-0.2, 0) is 17.1 Å². The zero-order chi connectivity index (χ0) is 23.7. The minimum Gasteiger partial charge on any atom is -0.293 e. The van der Waals surface area contributed by atoms with Crippen LogP contribution in [0.25, 0.3) is 0 Å². The minimum absolute atomic E-state index is 0. The minimum atomic E-state index is 0. The first-order valence-corrected chi connectivity index (χ1v) is 11.6. The van der Waals surface area contributed by atoms with Crippen LogP contribution < -0.4 is 0 Å². The molecule has 3 heterocycles. The summed E-state index contributed by atoms with van der Waals surface area (Å²) in [6.07, 6.45) is 12.9. The fraction of sp³-hybridized carbons (Fsp3) is 0.462. The molecule has 0 saturated heterocycles. The predicted octanol–water partition coefficient (Wildman–Crippen LogP) is 6.37. The van der Waals surface area contributed by atoms with E-state index < -0.39 is 0 Å². The van der Waals surface area contributed by atoms with Gasteiger partial charge in [0, 0.05) is 0 Å². The second-order valence-electron chi connectivity index (χ2n) is 8.21. The van der Waals surface area contributed by atoms with Gasteiger partial charge in [-0.05, 0) is 55.6 Å². The number of rotatable bonds is 10. The number of hydrogen-bond acceptors (Lipinski definition) is 3. The molecule has 3 aromatic rings. The molecule has 0 spiro atoms. The Kier molecular flexibility index (Phi) is 12.0. The average molecular weight is 490 g/mol. The molecule has 0 bridgehead atoms. The van der Waals surface area contributed by atoms with Gasteiger partial charge in [-0.25, -0.2) is 12.2 Å². The zero-order valence-electron chi connectivity index (χ0n) is 20.8. The molecule has 3 rings (SSSR count). The molecule has 0 aliphatic heterocycles. The van der Waals surface area contributed by atoms with Crippen molar-refractivity contribution in [2.75, 3.05) is 0 Å². The molecule has 0 saturated carbocycles. The number of hydrogen-bond donors (Lipinski definition) is 0. The Morgan fingerprint density at radius 2 is 1.06 bits per heavy atom. The van der Waals surface area contributed by atoms with Crippen LogP contribution >= 0.6 is 0 Å². The van der Waals surface area contributed by atoms with Crippen molar-refractivity contribution in [2.24, 2.45) is 0 Å². The fourth-order valence-electron chi connectivity index (χ4n) is 3.08. The van der Waals surface area contributed by atoms with Crippen LogP contribution in [0.1, 0.15) is 95.6 Å². The molecule has 3 aromatic heterocycles. The first kappa shape index (κ1) is 28.5. The van der Waals surface area contributed by atoms with E-state index >= 15 is 0 Å². The van der Waals surface area contributed by atoms with Crippen LogP contribution in [0.4, 0.5) is 0 Å². The molecule has 0 N–H and O–H groups in total. The van der Waals surface area contributed by atoms with Gasteiger partial charge in [0.1, 0.15) is 0 Å². The molecule has 0 fully saturated rings. The van der Waals surface area contributed by atoms with Gasteiger partial charge in [-0.2, -0.15) is 21.9 Å². The van der Waals surface area contributed by atoms with Crippen LogP contribution in [-0.4, -0.2) is 29.3 Å². The zero-order valence-corrected chi connectivity index (χ0v) is 22.0. The largest absolute Gasteiger partial charge is 2.00 e. The van der Waals surface area contributed by atoms with E-state index in [-0.39, 0.29) is 17.1 Å². The van der Waals surface area contributed by atoms with Crippen LogP contribution in [0, 0.1) is 12.9 Å². The maximum Gasteiger partial charge on any atom is 2.00 e. The van der Waals surface area contributed by atoms with Crippen molar-refractivity contribution in [3.05, 3.63) is 85.5 Å². The maximum atomic E-state index is 4.84. The summed E-state index contributed by atoms with van der Waals surface area (Å²) in [6.45, 7) is 21.3. The molecular weight excluding hydrogens is 451 g/mol. The maximum absolute atomic E-state index is 4.84. The van der Waals surface area contributed by atoms with E-state index in [1.165, 1.54) is 12.2 Å². The Balaban J connectivity index is 0.00000101. The van der Waals surface area contributed by atoms with Crippen LogP contribution in [0.2, 0.25) is 0 Å². The summed E-state index contributed by atoms with van der Waals surface area (Å²) < 4.78 is 5.67. The molecule has 0 aromatic carbocycles. The van der Waals surface area contributed by atoms with Gasteiger partial charge in [-0.3, -0.25) is 20.6 Å². The summed E-state index contributed by atoms with van der Waals surface area (Å²) in [6, 6.07) is 6.27. The van der Waals surface area contributed by atoms with Gasteiger partial charge in [-0.15, -0.1) is 0 Å². The van der Waals surface area contributed by atoms with Gasteiger partial charge in [0.25, 0.3) is 0 Å². The Labute approximate surface area is 210 Å². The SMILES string of the molecule is CCC(C)c1ccn([C-](n2ccc(C(C)CC)n2)n2ccc(C(C)CC)n2)n1.[CH-]=CC=C.[Mn+2].